The number of aromatic carboxylic acids is 1. The van der Waals surface area contributed by atoms with Gasteiger partial charge in [0.25, 0.3) is 0 Å². The van der Waals surface area contributed by atoms with E-state index in [4.69, 9.17) is 54.0 Å². The van der Waals surface area contributed by atoms with E-state index in [0.717, 1.165) is 71.7 Å². The number of nitrogens with zero attached hydrogens (tertiary/aromatic N) is 10. The highest BCUT2D eigenvalue weighted by molar-refractivity contribution is 9.10. The topological polar surface area (TPSA) is 321 Å². The molecule has 1 atom stereocenters. The maximum absolute atomic E-state index is 12.2. The van der Waals surface area contributed by atoms with Crippen molar-refractivity contribution in [2.75, 3.05) is 29.6 Å². The Balaban J connectivity index is 0.000000161. The third-order valence-corrected chi connectivity index (χ3v) is 14.1. The van der Waals surface area contributed by atoms with Gasteiger partial charge in [-0.15, -0.1) is 11.3 Å². The molecule has 0 saturated carbocycles. The lowest BCUT2D eigenvalue weighted by Gasteiger charge is -2.19. The monoisotopic (exact) mass is 1380 g/mol. The Kier molecular flexibility index (Phi) is 23.2. The number of aryl methyl sites for hydroxylation is 1. The number of H-pyrrole nitrogens is 1. The number of carbonyl (C=O) groups is 4. The Morgan fingerprint density at radius 3 is 1.85 bits per heavy atom. The van der Waals surface area contributed by atoms with Gasteiger partial charge in [0.05, 0.1) is 60.0 Å². The zero-order valence-electron chi connectivity index (χ0n) is 48.8. The highest BCUT2D eigenvalue weighted by Crippen LogP contribution is 2.30. The van der Waals surface area contributed by atoms with Gasteiger partial charge >= 0.3 is 18.2 Å². The van der Waals surface area contributed by atoms with Crippen LogP contribution < -0.4 is 22.1 Å². The number of nitrogens with two attached hydrogens (primary N) is 2. The summed E-state index contributed by atoms with van der Waals surface area (Å²) in [6.45, 7) is 15.8. The van der Waals surface area contributed by atoms with Gasteiger partial charge in [0, 0.05) is 72.5 Å². The Labute approximate surface area is 535 Å². The summed E-state index contributed by atoms with van der Waals surface area (Å²) in [7, 11) is 0. The van der Waals surface area contributed by atoms with Gasteiger partial charge < -0.3 is 46.4 Å². The number of hydrogen-bond acceptors (Lipinski definition) is 20. The van der Waals surface area contributed by atoms with Crippen LogP contribution >= 0.6 is 66.4 Å². The predicted octanol–water partition coefficient (Wildman–Crippen LogP) is 14.6. The lowest BCUT2D eigenvalue weighted by Crippen LogP contribution is -2.27. The zero-order chi connectivity index (χ0) is 63.9. The molecular weight excluding hydrogens is 1320 g/mol. The molecule has 28 heteroatoms. The minimum atomic E-state index is -0.864. The third-order valence-electron chi connectivity index (χ3n) is 11.5. The van der Waals surface area contributed by atoms with Crippen molar-refractivity contribution in [2.45, 2.75) is 79.1 Å². The summed E-state index contributed by atoms with van der Waals surface area (Å²) in [6.07, 6.45) is 9.39. The first kappa shape index (κ1) is 67.0. The van der Waals surface area contributed by atoms with E-state index in [1.165, 1.54) is 26.9 Å². The summed E-state index contributed by atoms with van der Waals surface area (Å²) in [4.78, 5) is 65.8. The molecule has 1 unspecified atom stereocenters. The molecule has 1 fully saturated rings. The molecule has 8 N–H and O–H groups in total. The summed E-state index contributed by atoms with van der Waals surface area (Å²) in [5.74, 6) is 0.914. The molecule has 1 aliphatic heterocycles. The molecule has 23 nitrogen and oxygen atoms in total. The second-order valence-electron chi connectivity index (χ2n) is 21.1. The number of carbonyl (C=O) groups excluding carboxylic acids is 3. The van der Waals surface area contributed by atoms with Gasteiger partial charge in [-0.25, -0.2) is 34.3 Å². The maximum Gasteiger partial charge on any atom is 0.435 e. The molecule has 0 radical (unpaired) electrons. The molecule has 0 amide bonds. The van der Waals surface area contributed by atoms with E-state index in [1.54, 1.807) is 75.2 Å². The van der Waals surface area contributed by atoms with Crippen LogP contribution in [0.4, 0.5) is 38.3 Å². The standard InChI is InChI=1S/C17H18ClN5O2.C16H16ClN5O2.C10H8BrNO.C9H5BrO2S.C4H5N3.C4H9NO/c1-10-19-9-13(18)15(21-10)22-12-5-6-14-11(7-12)8-20-23(14)16(24)25-17(2,3)4;1-16(2,3)24-15(23)22-12-5-4-11(8-10(12)9-19-22)20-13-6-7-18-14(17)21-13;1-6(13)9-4-7-2-3-8(11)5-10(7)12-9;10-6-2-1-5-3-8(9(11)12)13-7(5)4-6;5-4-1-2-6-7-3-4;5-4-1-2-6-3-4/h5-9H,1-4H3,(H,19,21,22);4-9H,1-3H3,(H,18,20,21);2-5,12H,1H3;1-4H,(H,11,12);1-3H,(H2,5,6);4H,1-3,5H2. The Morgan fingerprint density at radius 1 is 0.727 bits per heavy atom. The number of hydrogen-bond donors (Lipinski definition) is 6. The van der Waals surface area contributed by atoms with Crippen molar-refractivity contribution in [1.29, 1.82) is 0 Å². The van der Waals surface area contributed by atoms with Crippen LogP contribution in [0.15, 0.2) is 143 Å². The number of anilines is 5. The number of carboxylic acids is 1. The van der Waals surface area contributed by atoms with Crippen LogP contribution in [-0.2, 0) is 14.2 Å². The number of thiophene rings is 1. The van der Waals surface area contributed by atoms with Crippen LogP contribution in [0.2, 0.25) is 10.3 Å². The minimum absolute atomic E-state index is 0.0623. The summed E-state index contributed by atoms with van der Waals surface area (Å²) >= 11 is 19.9. The predicted molar refractivity (Wildman–Crippen MR) is 350 cm³/mol. The fraction of sp³-hybridized carbons (Fsp3) is 0.233. The molecule has 88 heavy (non-hydrogen) atoms. The largest absolute Gasteiger partial charge is 0.477 e. The SMILES string of the molecule is CC(=O)c1cc2ccc(Br)cc2[nH]1.CC(C)(C)OC(=O)n1ncc2cc(Nc3ccnc(Cl)n3)ccc21.Cc1ncc(Cl)c(Nc2ccc3c(cnn3C(=O)OC(C)(C)C)c2)n1.NC1CCOC1.Nc1ccnnc1.O=C(O)c1cc2ccc(Br)cc2s1. The number of ketones is 1. The van der Waals surface area contributed by atoms with Crippen LogP contribution in [0.25, 0.3) is 42.8 Å². The number of carboxylic acid groups (broad SMARTS) is 1. The number of Topliss-reactive ketones (excluding diaryl/α,β-unsaturated/α-hetero) is 1. The van der Waals surface area contributed by atoms with E-state index in [1.807, 2.05) is 108 Å². The molecule has 0 aliphatic carbocycles. The van der Waals surface area contributed by atoms with Gasteiger partial charge in [-0.3, -0.25) is 4.79 Å². The zero-order valence-corrected chi connectivity index (χ0v) is 54.3. The van der Waals surface area contributed by atoms with E-state index in [2.05, 4.69) is 87.8 Å². The Bertz CT molecular complexity index is 4130. The molecule has 4 aromatic carbocycles. The molecule has 458 valence electrons. The van der Waals surface area contributed by atoms with Gasteiger partial charge in [-0.1, -0.05) is 55.6 Å². The quantitative estimate of drug-likeness (QED) is 0.0665. The Hall–Kier alpha value is -8.50. The first-order valence-electron chi connectivity index (χ1n) is 26.7. The molecule has 12 rings (SSSR count). The highest BCUT2D eigenvalue weighted by atomic mass is 79.9. The number of halogens is 4. The lowest BCUT2D eigenvalue weighted by molar-refractivity contribution is 0.0511. The van der Waals surface area contributed by atoms with Crippen LogP contribution in [0, 0.1) is 6.92 Å². The van der Waals surface area contributed by atoms with E-state index in [-0.39, 0.29) is 11.1 Å². The van der Waals surface area contributed by atoms with Crippen LogP contribution in [0.1, 0.15) is 80.9 Å². The van der Waals surface area contributed by atoms with Gasteiger partial charge in [0.2, 0.25) is 5.28 Å². The molecule has 11 aromatic rings. The number of aromatic nitrogens is 11. The summed E-state index contributed by atoms with van der Waals surface area (Å²) in [6, 6.07) is 29.8. The van der Waals surface area contributed by atoms with Gasteiger partial charge in [-0.05, 0) is 157 Å². The van der Waals surface area contributed by atoms with E-state index >= 15 is 0 Å². The highest BCUT2D eigenvalue weighted by Gasteiger charge is 2.22. The van der Waals surface area contributed by atoms with Crippen molar-refractivity contribution in [1.82, 2.24) is 54.7 Å². The summed E-state index contributed by atoms with van der Waals surface area (Å²) in [5.41, 5.74) is 14.7. The maximum atomic E-state index is 12.2. The van der Waals surface area contributed by atoms with Crippen LogP contribution in [-0.4, -0.2) is 114 Å². The van der Waals surface area contributed by atoms with Crippen molar-refractivity contribution in [2.24, 2.45) is 5.73 Å². The first-order chi connectivity index (χ1) is 41.7. The van der Waals surface area contributed by atoms with E-state index in [9.17, 15) is 19.2 Å². The van der Waals surface area contributed by atoms with Crippen molar-refractivity contribution >= 4 is 162 Å². The van der Waals surface area contributed by atoms with E-state index < -0.39 is 29.4 Å². The fourth-order valence-corrected chi connectivity index (χ4v) is 9.71. The average molecular weight is 1380 g/mol. The fourth-order valence-electron chi connectivity index (χ4n) is 7.61. The van der Waals surface area contributed by atoms with Crippen molar-refractivity contribution in [3.63, 3.8) is 0 Å². The summed E-state index contributed by atoms with van der Waals surface area (Å²) < 4.78 is 21.1. The normalized spacial score (nSPS) is 12.6. The number of benzene rings is 4. The van der Waals surface area contributed by atoms with Crippen LogP contribution in [0.5, 0.6) is 0 Å². The smallest absolute Gasteiger partial charge is 0.435 e. The van der Waals surface area contributed by atoms with Gasteiger partial charge in [0.15, 0.2) is 11.6 Å². The molecule has 0 spiro atoms. The molecule has 1 aliphatic rings. The van der Waals surface area contributed by atoms with Gasteiger partial charge in [-0.2, -0.15) is 29.8 Å². The minimum Gasteiger partial charge on any atom is -0.477 e. The number of rotatable bonds is 6. The number of nitrogens with one attached hydrogen (secondary N) is 3. The molecule has 1 saturated heterocycles. The van der Waals surface area contributed by atoms with E-state index in [0.29, 0.717) is 55.8 Å². The second-order valence-corrected chi connectivity index (χ2v) is 24.7. The number of nitrogen functional groups attached to an aromatic ring is 1. The summed E-state index contributed by atoms with van der Waals surface area (Å²) in [5, 5.41) is 34.5. The van der Waals surface area contributed by atoms with Gasteiger partial charge in [0.1, 0.15) is 32.7 Å². The molecule has 7 aromatic heterocycles. The number of ether oxygens (including phenoxy) is 3. The third kappa shape index (κ3) is 20.3. The first-order valence-corrected chi connectivity index (χ1v) is 29.8. The molecule has 0 bridgehead atoms. The van der Waals surface area contributed by atoms with Crippen molar-refractivity contribution in [3.05, 3.63) is 170 Å². The van der Waals surface area contributed by atoms with Crippen molar-refractivity contribution < 1.29 is 38.5 Å². The lowest BCUT2D eigenvalue weighted by atomic mass is 10.2. The molecule has 8 heterocycles. The molecular formula is C60H61Br2Cl2N15O8S. The second kappa shape index (κ2) is 30.4. The average Bonchev–Trinajstić information content (AvgIpc) is 4.40. The van der Waals surface area contributed by atoms with Crippen LogP contribution in [0.3, 0.4) is 0 Å². The Morgan fingerprint density at radius 2 is 1.34 bits per heavy atom. The number of aromatic amines is 1. The van der Waals surface area contributed by atoms with Crippen molar-refractivity contribution in [3.8, 4) is 0 Å². The number of fused-ring (bicyclic) bond motifs is 4.